The molecule has 6 nitrogen and oxygen atoms in total. The smallest absolute Gasteiger partial charge is 0.218 e. The number of nitrogens with zero attached hydrogens (tertiary/aromatic N) is 4. The van der Waals surface area contributed by atoms with E-state index in [1.807, 2.05) is 36.4 Å². The molecule has 1 aromatic carbocycles. The van der Waals surface area contributed by atoms with E-state index in [9.17, 15) is 0 Å². The molecule has 0 spiro atoms. The van der Waals surface area contributed by atoms with Gasteiger partial charge in [0.1, 0.15) is 24.0 Å². The van der Waals surface area contributed by atoms with E-state index in [0.29, 0.717) is 31.2 Å². The van der Waals surface area contributed by atoms with Crippen molar-refractivity contribution in [3.8, 4) is 5.88 Å². The molecule has 0 N–H and O–H groups in total. The number of furan rings is 1. The van der Waals surface area contributed by atoms with Gasteiger partial charge in [-0.15, -0.1) is 0 Å². The van der Waals surface area contributed by atoms with Gasteiger partial charge in [0.2, 0.25) is 5.88 Å². The normalized spacial score (nSPS) is 14.4. The Balaban J connectivity index is 1.66. The van der Waals surface area contributed by atoms with Crippen LogP contribution in [0.1, 0.15) is 5.56 Å². The number of aromatic nitrogens is 3. The maximum absolute atomic E-state index is 6.04. The molecular formula is C18H14N4O2. The van der Waals surface area contributed by atoms with E-state index >= 15 is 0 Å². The fourth-order valence-electron chi connectivity index (χ4n) is 3.13. The van der Waals surface area contributed by atoms with Gasteiger partial charge in [-0.05, 0) is 18.2 Å². The van der Waals surface area contributed by atoms with Crippen molar-refractivity contribution in [2.45, 2.75) is 6.54 Å². The highest BCUT2D eigenvalue weighted by molar-refractivity contribution is 6.05. The Morgan fingerprint density at radius 2 is 1.96 bits per heavy atom. The van der Waals surface area contributed by atoms with Crippen LogP contribution in [0, 0.1) is 0 Å². The van der Waals surface area contributed by atoms with E-state index < -0.39 is 0 Å². The summed E-state index contributed by atoms with van der Waals surface area (Å²) in [5.41, 5.74) is 3.42. The van der Waals surface area contributed by atoms with Gasteiger partial charge in [-0.25, -0.2) is 15.0 Å². The van der Waals surface area contributed by atoms with Crippen LogP contribution in [0.15, 0.2) is 53.3 Å². The van der Waals surface area contributed by atoms with Gasteiger partial charge in [-0.2, -0.15) is 0 Å². The number of fused-ring (bicyclic) bond motifs is 4. The number of anilines is 1. The summed E-state index contributed by atoms with van der Waals surface area (Å²) in [6.45, 7) is 1.93. The molecular weight excluding hydrogens is 304 g/mol. The second-order valence-corrected chi connectivity index (χ2v) is 5.71. The number of ether oxygens (including phenoxy) is 1. The monoisotopic (exact) mass is 318 g/mol. The maximum atomic E-state index is 6.04. The molecule has 0 saturated heterocycles. The summed E-state index contributed by atoms with van der Waals surface area (Å²) >= 11 is 0. The minimum Gasteiger partial charge on any atom is -0.476 e. The van der Waals surface area contributed by atoms with E-state index in [2.05, 4.69) is 19.9 Å². The van der Waals surface area contributed by atoms with Gasteiger partial charge >= 0.3 is 0 Å². The lowest BCUT2D eigenvalue weighted by molar-refractivity contribution is 0.319. The Morgan fingerprint density at radius 1 is 1.00 bits per heavy atom. The van der Waals surface area contributed by atoms with E-state index in [1.54, 1.807) is 12.5 Å². The van der Waals surface area contributed by atoms with Crippen LogP contribution in [0.2, 0.25) is 0 Å². The lowest BCUT2D eigenvalue weighted by atomic mass is 10.2. The number of pyridine rings is 1. The quantitative estimate of drug-likeness (QED) is 0.537. The average Bonchev–Trinajstić information content (AvgIpc) is 2.87. The molecule has 0 fully saturated rings. The fourth-order valence-corrected chi connectivity index (χ4v) is 3.13. The molecule has 0 amide bonds. The third-order valence-corrected chi connectivity index (χ3v) is 4.25. The summed E-state index contributed by atoms with van der Waals surface area (Å²) < 4.78 is 11.8. The van der Waals surface area contributed by atoms with Crippen LogP contribution < -0.4 is 9.64 Å². The third-order valence-electron chi connectivity index (χ3n) is 4.25. The minimum absolute atomic E-state index is 0.551. The second kappa shape index (κ2) is 5.19. The highest BCUT2D eigenvalue weighted by Gasteiger charge is 2.22. The van der Waals surface area contributed by atoms with Crippen molar-refractivity contribution in [2.24, 2.45) is 0 Å². The fraction of sp³-hybridized carbons (Fsp3) is 0.167. The maximum Gasteiger partial charge on any atom is 0.218 e. The summed E-state index contributed by atoms with van der Waals surface area (Å²) in [6, 6.07) is 11.9. The number of para-hydroxylation sites is 1. The summed E-state index contributed by atoms with van der Waals surface area (Å²) in [7, 11) is 0. The van der Waals surface area contributed by atoms with Crippen molar-refractivity contribution in [1.82, 2.24) is 15.0 Å². The molecule has 1 aliphatic heterocycles. The van der Waals surface area contributed by atoms with Gasteiger partial charge in [0.25, 0.3) is 0 Å². The van der Waals surface area contributed by atoms with E-state index in [0.717, 1.165) is 27.9 Å². The Bertz CT molecular complexity index is 1040. The highest BCUT2D eigenvalue weighted by atomic mass is 16.5. The number of hydrogen-bond acceptors (Lipinski definition) is 6. The van der Waals surface area contributed by atoms with Gasteiger partial charge in [-0.3, -0.25) is 0 Å². The molecule has 0 radical (unpaired) electrons. The molecule has 0 saturated carbocycles. The summed E-state index contributed by atoms with van der Waals surface area (Å²) in [6.07, 6.45) is 3.34. The molecule has 118 valence electrons. The largest absolute Gasteiger partial charge is 0.476 e. The average molecular weight is 318 g/mol. The summed E-state index contributed by atoms with van der Waals surface area (Å²) in [5, 5.41) is 1.00. The first kappa shape index (κ1) is 13.3. The summed E-state index contributed by atoms with van der Waals surface area (Å²) in [4.78, 5) is 15.4. The minimum atomic E-state index is 0.551. The van der Waals surface area contributed by atoms with E-state index in [4.69, 9.17) is 9.15 Å². The number of benzene rings is 1. The Labute approximate surface area is 137 Å². The van der Waals surface area contributed by atoms with Crippen molar-refractivity contribution >= 4 is 27.9 Å². The molecule has 0 aliphatic carbocycles. The number of rotatable bonds is 1. The van der Waals surface area contributed by atoms with Crippen molar-refractivity contribution in [2.75, 3.05) is 18.1 Å². The lowest BCUT2D eigenvalue weighted by Crippen LogP contribution is -2.26. The highest BCUT2D eigenvalue weighted by Crippen LogP contribution is 2.33. The van der Waals surface area contributed by atoms with Crippen molar-refractivity contribution < 1.29 is 9.15 Å². The van der Waals surface area contributed by atoms with Crippen LogP contribution in [-0.2, 0) is 6.54 Å². The van der Waals surface area contributed by atoms with Crippen molar-refractivity contribution in [3.63, 3.8) is 0 Å². The predicted octanol–water partition coefficient (Wildman–Crippen LogP) is 3.17. The van der Waals surface area contributed by atoms with Crippen LogP contribution in [0.3, 0.4) is 0 Å². The van der Waals surface area contributed by atoms with Gasteiger partial charge in [0.15, 0.2) is 11.4 Å². The molecule has 5 rings (SSSR count). The summed E-state index contributed by atoms with van der Waals surface area (Å²) in [5.74, 6) is 1.48. The van der Waals surface area contributed by atoms with E-state index in [-0.39, 0.29) is 0 Å². The van der Waals surface area contributed by atoms with Crippen LogP contribution >= 0.6 is 0 Å². The first-order valence-corrected chi connectivity index (χ1v) is 7.84. The molecule has 0 bridgehead atoms. The molecule has 0 atom stereocenters. The zero-order valence-corrected chi connectivity index (χ0v) is 12.8. The van der Waals surface area contributed by atoms with Crippen LogP contribution in [0.25, 0.3) is 22.1 Å². The standard InChI is InChI=1S/C18H14N4O2/c1-2-6-14-13(5-1)15-16(24-14)17(21-11-20-15)22-8-9-23-18-12(10-22)4-3-7-19-18/h1-7,11H,8-10H2. The SMILES string of the molecule is c1cnc2c(c1)CN(c1ncnc3c1oc1ccccc13)CCO2. The van der Waals surface area contributed by atoms with E-state index in [1.165, 1.54) is 0 Å². The lowest BCUT2D eigenvalue weighted by Gasteiger charge is -2.20. The van der Waals surface area contributed by atoms with Gasteiger partial charge < -0.3 is 14.1 Å². The van der Waals surface area contributed by atoms with Crippen LogP contribution in [0.5, 0.6) is 5.88 Å². The molecule has 3 aromatic heterocycles. The Kier molecular flexibility index (Phi) is 2.88. The van der Waals surface area contributed by atoms with Gasteiger partial charge in [-0.1, -0.05) is 18.2 Å². The molecule has 4 aromatic rings. The van der Waals surface area contributed by atoms with Crippen molar-refractivity contribution in [3.05, 3.63) is 54.5 Å². The van der Waals surface area contributed by atoms with Gasteiger partial charge in [0, 0.05) is 23.7 Å². The molecule has 24 heavy (non-hydrogen) atoms. The van der Waals surface area contributed by atoms with Crippen molar-refractivity contribution in [1.29, 1.82) is 0 Å². The third kappa shape index (κ3) is 2.00. The van der Waals surface area contributed by atoms with Gasteiger partial charge in [0.05, 0.1) is 6.54 Å². The zero-order valence-electron chi connectivity index (χ0n) is 12.8. The molecule has 6 heteroatoms. The van der Waals surface area contributed by atoms with Crippen LogP contribution in [0.4, 0.5) is 5.82 Å². The number of hydrogen-bond donors (Lipinski definition) is 0. The molecule has 4 heterocycles. The topological polar surface area (TPSA) is 64.3 Å². The van der Waals surface area contributed by atoms with Crippen LogP contribution in [-0.4, -0.2) is 28.1 Å². The molecule has 0 unspecified atom stereocenters. The second-order valence-electron chi connectivity index (χ2n) is 5.71. The Hall–Kier alpha value is -3.15. The first-order chi connectivity index (χ1) is 11.9. The zero-order chi connectivity index (χ0) is 15.9. The Morgan fingerprint density at radius 3 is 2.96 bits per heavy atom. The predicted molar refractivity (Wildman–Crippen MR) is 90.1 cm³/mol. The first-order valence-electron chi connectivity index (χ1n) is 7.84. The molecule has 1 aliphatic rings.